The number of hydrogen-bond donors (Lipinski definition) is 0. The molecular weight excluding hydrogens is 239 g/mol. The summed E-state index contributed by atoms with van der Waals surface area (Å²) in [7, 11) is 0. The van der Waals surface area contributed by atoms with E-state index in [2.05, 4.69) is 9.97 Å². The number of aromatic carboxylic acids is 1. The van der Waals surface area contributed by atoms with Gasteiger partial charge in [0.2, 0.25) is 5.89 Å². The zero-order chi connectivity index (χ0) is 12.5. The van der Waals surface area contributed by atoms with Crippen LogP contribution in [-0.4, -0.2) is 15.9 Å². The number of fused-ring (bicyclic) bond motifs is 1. The average molecular weight is 246 g/mol. The Labute approximate surface area is 120 Å². The SMILES string of the molecule is O=C([O-])c1ccc(-c2nc3cnccc3o2)cc1.[Li+]. The number of carboxylic acid groups (broad SMARTS) is 1. The van der Waals surface area contributed by atoms with Crippen LogP contribution in [0.25, 0.3) is 22.6 Å². The smallest absolute Gasteiger partial charge is 0.545 e. The summed E-state index contributed by atoms with van der Waals surface area (Å²) in [6.45, 7) is 0. The van der Waals surface area contributed by atoms with Crippen LogP contribution in [0, 0.1) is 0 Å². The van der Waals surface area contributed by atoms with Crippen molar-refractivity contribution < 1.29 is 33.2 Å². The van der Waals surface area contributed by atoms with Crippen LogP contribution in [-0.2, 0) is 0 Å². The van der Waals surface area contributed by atoms with Gasteiger partial charge < -0.3 is 14.3 Å². The molecule has 0 atom stereocenters. The summed E-state index contributed by atoms with van der Waals surface area (Å²) in [4.78, 5) is 18.8. The summed E-state index contributed by atoms with van der Waals surface area (Å²) >= 11 is 0. The number of carbonyl (C=O) groups is 1. The van der Waals surface area contributed by atoms with Gasteiger partial charge in [0.05, 0.1) is 12.2 Å². The van der Waals surface area contributed by atoms with Crippen molar-refractivity contribution >= 4 is 17.1 Å². The van der Waals surface area contributed by atoms with E-state index in [1.807, 2.05) is 0 Å². The topological polar surface area (TPSA) is 79.0 Å². The normalized spacial score (nSPS) is 10.1. The van der Waals surface area contributed by atoms with E-state index < -0.39 is 5.97 Å². The molecule has 0 fully saturated rings. The van der Waals surface area contributed by atoms with Gasteiger partial charge in [-0.05, 0) is 17.7 Å². The van der Waals surface area contributed by atoms with Gasteiger partial charge >= 0.3 is 18.9 Å². The Bertz CT molecular complexity index is 689. The maximum absolute atomic E-state index is 10.6. The Kier molecular flexibility index (Phi) is 3.70. The molecule has 2 aromatic heterocycles. The standard InChI is InChI=1S/C13H8N2O3.Li/c16-13(17)9-3-1-8(2-4-9)12-15-10-7-14-6-5-11(10)18-12;/h1-7H,(H,16,17);/q;+1/p-1. The van der Waals surface area contributed by atoms with Crippen molar-refractivity contribution in [2.24, 2.45) is 0 Å². The van der Waals surface area contributed by atoms with Gasteiger partial charge in [0, 0.05) is 17.8 Å². The molecule has 5 nitrogen and oxygen atoms in total. The van der Waals surface area contributed by atoms with Crippen LogP contribution in [0.1, 0.15) is 10.4 Å². The quantitative estimate of drug-likeness (QED) is 0.501. The Morgan fingerprint density at radius 1 is 1.16 bits per heavy atom. The molecule has 0 unspecified atom stereocenters. The number of carboxylic acids is 1. The second kappa shape index (κ2) is 5.27. The van der Waals surface area contributed by atoms with Gasteiger partial charge in [0.25, 0.3) is 0 Å². The molecule has 88 valence electrons. The second-order valence-electron chi connectivity index (χ2n) is 3.73. The maximum Gasteiger partial charge on any atom is 1.00 e. The molecule has 0 saturated carbocycles. The average Bonchev–Trinajstić information content (AvgIpc) is 2.82. The molecule has 0 bridgehead atoms. The van der Waals surface area contributed by atoms with Gasteiger partial charge in [-0.25, -0.2) is 4.98 Å². The minimum absolute atomic E-state index is 0. The molecule has 0 amide bonds. The van der Waals surface area contributed by atoms with Crippen molar-refractivity contribution in [2.45, 2.75) is 0 Å². The summed E-state index contributed by atoms with van der Waals surface area (Å²) in [5.74, 6) is -0.772. The Morgan fingerprint density at radius 3 is 2.53 bits per heavy atom. The molecule has 0 spiro atoms. The van der Waals surface area contributed by atoms with E-state index in [-0.39, 0.29) is 24.4 Å². The first kappa shape index (κ1) is 13.3. The minimum atomic E-state index is -1.21. The van der Waals surface area contributed by atoms with Crippen molar-refractivity contribution in [3.8, 4) is 11.5 Å². The third-order valence-electron chi connectivity index (χ3n) is 2.56. The molecule has 3 rings (SSSR count). The number of hydrogen-bond acceptors (Lipinski definition) is 5. The van der Waals surface area contributed by atoms with E-state index in [0.717, 1.165) is 0 Å². The van der Waals surface area contributed by atoms with Crippen molar-refractivity contribution in [1.82, 2.24) is 9.97 Å². The number of aromatic nitrogens is 2. The van der Waals surface area contributed by atoms with Crippen molar-refractivity contribution in [3.05, 3.63) is 48.3 Å². The fourth-order valence-electron chi connectivity index (χ4n) is 1.65. The number of carbonyl (C=O) groups excluding carboxylic acids is 1. The third-order valence-corrected chi connectivity index (χ3v) is 2.56. The largest absolute Gasteiger partial charge is 1.00 e. The first-order chi connectivity index (χ1) is 8.74. The fraction of sp³-hybridized carbons (Fsp3) is 0. The number of pyridine rings is 1. The second-order valence-corrected chi connectivity index (χ2v) is 3.73. The molecule has 3 aromatic rings. The zero-order valence-corrected chi connectivity index (χ0v) is 10.2. The summed E-state index contributed by atoms with van der Waals surface area (Å²) in [5.41, 5.74) is 2.13. The van der Waals surface area contributed by atoms with E-state index in [4.69, 9.17) is 4.42 Å². The fourth-order valence-corrected chi connectivity index (χ4v) is 1.65. The zero-order valence-electron chi connectivity index (χ0n) is 10.2. The molecule has 1 aromatic carbocycles. The van der Waals surface area contributed by atoms with Crippen LogP contribution in [0.5, 0.6) is 0 Å². The Hall–Kier alpha value is -2.09. The number of benzene rings is 1. The summed E-state index contributed by atoms with van der Waals surface area (Å²) < 4.78 is 5.54. The summed E-state index contributed by atoms with van der Waals surface area (Å²) in [6.07, 6.45) is 3.23. The molecular formula is C13H7LiN2O3. The maximum atomic E-state index is 10.6. The summed E-state index contributed by atoms with van der Waals surface area (Å²) in [6, 6.07) is 7.89. The van der Waals surface area contributed by atoms with Gasteiger partial charge in [-0.3, -0.25) is 4.98 Å². The van der Waals surface area contributed by atoms with Crippen LogP contribution in [0.4, 0.5) is 0 Å². The molecule has 0 aliphatic heterocycles. The molecule has 6 heteroatoms. The molecule has 19 heavy (non-hydrogen) atoms. The Morgan fingerprint density at radius 2 is 1.89 bits per heavy atom. The number of rotatable bonds is 2. The number of oxazole rings is 1. The predicted octanol–water partition coefficient (Wildman–Crippen LogP) is -1.74. The molecule has 0 radical (unpaired) electrons. The van der Waals surface area contributed by atoms with Gasteiger partial charge in [0.15, 0.2) is 5.58 Å². The molecule has 0 aliphatic carbocycles. The van der Waals surface area contributed by atoms with Gasteiger partial charge in [0.1, 0.15) is 5.52 Å². The first-order valence-corrected chi connectivity index (χ1v) is 5.26. The summed E-state index contributed by atoms with van der Waals surface area (Å²) in [5, 5.41) is 10.6. The van der Waals surface area contributed by atoms with Crippen LogP contribution in [0.3, 0.4) is 0 Å². The van der Waals surface area contributed by atoms with Crippen molar-refractivity contribution in [3.63, 3.8) is 0 Å². The number of nitrogens with zero attached hydrogens (tertiary/aromatic N) is 2. The van der Waals surface area contributed by atoms with Gasteiger partial charge in [-0.1, -0.05) is 12.1 Å². The van der Waals surface area contributed by atoms with Crippen molar-refractivity contribution in [1.29, 1.82) is 0 Å². The molecule has 0 saturated heterocycles. The molecule has 2 heterocycles. The monoisotopic (exact) mass is 246 g/mol. The molecule has 0 aliphatic rings. The molecule has 0 N–H and O–H groups in total. The van der Waals surface area contributed by atoms with E-state index in [0.29, 0.717) is 22.6 Å². The van der Waals surface area contributed by atoms with E-state index >= 15 is 0 Å². The van der Waals surface area contributed by atoms with Crippen LogP contribution in [0.2, 0.25) is 0 Å². The van der Waals surface area contributed by atoms with E-state index in [1.54, 1.807) is 30.6 Å². The van der Waals surface area contributed by atoms with E-state index in [1.165, 1.54) is 12.1 Å². The van der Waals surface area contributed by atoms with Crippen molar-refractivity contribution in [2.75, 3.05) is 0 Å². The Balaban J connectivity index is 0.00000133. The first-order valence-electron chi connectivity index (χ1n) is 5.26. The van der Waals surface area contributed by atoms with Crippen LogP contribution in [0.15, 0.2) is 47.1 Å². The van der Waals surface area contributed by atoms with Crippen LogP contribution >= 0.6 is 0 Å². The van der Waals surface area contributed by atoms with Gasteiger partial charge in [-0.2, -0.15) is 0 Å². The predicted molar refractivity (Wildman–Crippen MR) is 61.6 cm³/mol. The van der Waals surface area contributed by atoms with E-state index in [9.17, 15) is 9.90 Å². The van der Waals surface area contributed by atoms with Gasteiger partial charge in [-0.15, -0.1) is 0 Å². The van der Waals surface area contributed by atoms with Crippen LogP contribution < -0.4 is 24.0 Å². The third kappa shape index (κ3) is 2.52. The minimum Gasteiger partial charge on any atom is -0.545 e.